The zero-order chi connectivity index (χ0) is 21.8. The fourth-order valence-corrected chi connectivity index (χ4v) is 3.80. The number of rotatable bonds is 6. The second-order valence-corrected chi connectivity index (χ2v) is 7.64. The maximum atomic E-state index is 11.1. The van der Waals surface area contributed by atoms with E-state index in [0.29, 0.717) is 17.4 Å². The predicted octanol–water partition coefficient (Wildman–Crippen LogP) is 4.45. The van der Waals surface area contributed by atoms with E-state index in [1.54, 1.807) is 19.2 Å². The molecule has 1 aliphatic rings. The van der Waals surface area contributed by atoms with Crippen LogP contribution in [-0.2, 0) is 0 Å². The number of nitro benzene ring substituents is 1. The lowest BCUT2D eigenvalue weighted by atomic mass is 10.0. The summed E-state index contributed by atoms with van der Waals surface area (Å²) in [5, 5.41) is 14.7. The minimum absolute atomic E-state index is 0.0357. The number of benzene rings is 2. The van der Waals surface area contributed by atoms with Crippen LogP contribution in [0.4, 0.5) is 17.2 Å². The SMILES string of the molecule is COc1cccc(NC2CCN(c3cc(C)nc(-c4cccc([N+](=O)[O-])c4)n3)CC2)c1. The number of aryl methyl sites for hydroxylation is 1. The van der Waals surface area contributed by atoms with E-state index in [0.717, 1.165) is 48.9 Å². The van der Waals surface area contributed by atoms with Gasteiger partial charge >= 0.3 is 0 Å². The molecule has 0 atom stereocenters. The van der Waals surface area contributed by atoms with Crippen LogP contribution < -0.4 is 15.0 Å². The summed E-state index contributed by atoms with van der Waals surface area (Å²) in [7, 11) is 1.67. The van der Waals surface area contributed by atoms with Crippen molar-refractivity contribution >= 4 is 17.2 Å². The van der Waals surface area contributed by atoms with Crippen LogP contribution in [0.2, 0.25) is 0 Å². The Morgan fingerprint density at radius 3 is 2.61 bits per heavy atom. The summed E-state index contributed by atoms with van der Waals surface area (Å²) in [4.78, 5) is 22.2. The predicted molar refractivity (Wildman–Crippen MR) is 121 cm³/mol. The van der Waals surface area contributed by atoms with Gasteiger partial charge in [0.2, 0.25) is 0 Å². The van der Waals surface area contributed by atoms with Gasteiger partial charge < -0.3 is 15.0 Å². The van der Waals surface area contributed by atoms with Crippen molar-refractivity contribution in [3.8, 4) is 17.1 Å². The first-order chi connectivity index (χ1) is 15.0. The van der Waals surface area contributed by atoms with Gasteiger partial charge in [0.05, 0.1) is 12.0 Å². The van der Waals surface area contributed by atoms with E-state index >= 15 is 0 Å². The lowest BCUT2D eigenvalue weighted by Crippen LogP contribution is -2.39. The van der Waals surface area contributed by atoms with E-state index in [-0.39, 0.29) is 5.69 Å². The molecule has 0 amide bonds. The molecule has 8 heteroatoms. The Kier molecular flexibility index (Phi) is 5.97. The average molecular weight is 419 g/mol. The lowest BCUT2D eigenvalue weighted by Gasteiger charge is -2.34. The smallest absolute Gasteiger partial charge is 0.270 e. The third kappa shape index (κ3) is 4.91. The van der Waals surface area contributed by atoms with Gasteiger partial charge in [0.25, 0.3) is 5.69 Å². The second kappa shape index (κ2) is 8.99. The molecule has 2 aromatic carbocycles. The van der Waals surface area contributed by atoms with Crippen molar-refractivity contribution in [3.63, 3.8) is 0 Å². The number of methoxy groups -OCH3 is 1. The molecule has 1 fully saturated rings. The molecule has 1 aromatic heterocycles. The molecule has 0 aliphatic carbocycles. The minimum Gasteiger partial charge on any atom is -0.497 e. The molecule has 4 rings (SSSR count). The molecular formula is C23H25N5O3. The Labute approximate surface area is 181 Å². The highest BCUT2D eigenvalue weighted by Crippen LogP contribution is 2.26. The normalized spacial score (nSPS) is 14.3. The van der Waals surface area contributed by atoms with E-state index < -0.39 is 4.92 Å². The summed E-state index contributed by atoms with van der Waals surface area (Å²) in [6.07, 6.45) is 1.96. The number of piperidine rings is 1. The van der Waals surface area contributed by atoms with Crippen LogP contribution in [0.1, 0.15) is 18.5 Å². The van der Waals surface area contributed by atoms with E-state index in [1.807, 2.05) is 37.3 Å². The lowest BCUT2D eigenvalue weighted by molar-refractivity contribution is -0.384. The van der Waals surface area contributed by atoms with Crippen LogP contribution in [0.15, 0.2) is 54.6 Å². The number of aromatic nitrogens is 2. The van der Waals surface area contributed by atoms with Gasteiger partial charge in [-0.25, -0.2) is 9.97 Å². The van der Waals surface area contributed by atoms with Crippen LogP contribution in [0.25, 0.3) is 11.4 Å². The summed E-state index contributed by atoms with van der Waals surface area (Å²) in [6.45, 7) is 3.65. The summed E-state index contributed by atoms with van der Waals surface area (Å²) in [6, 6.07) is 16.8. The van der Waals surface area contributed by atoms with Gasteiger partial charge in [-0.15, -0.1) is 0 Å². The second-order valence-electron chi connectivity index (χ2n) is 7.64. The maximum Gasteiger partial charge on any atom is 0.270 e. The molecule has 0 bridgehead atoms. The van der Waals surface area contributed by atoms with Gasteiger partial charge in [0.15, 0.2) is 5.82 Å². The summed E-state index contributed by atoms with van der Waals surface area (Å²) < 4.78 is 5.30. The Bertz CT molecular complexity index is 1080. The van der Waals surface area contributed by atoms with Crippen molar-refractivity contribution in [2.75, 3.05) is 30.4 Å². The van der Waals surface area contributed by atoms with E-state index in [4.69, 9.17) is 9.72 Å². The van der Waals surface area contributed by atoms with Crippen molar-refractivity contribution < 1.29 is 9.66 Å². The average Bonchev–Trinajstić information content (AvgIpc) is 2.79. The van der Waals surface area contributed by atoms with Crippen molar-refractivity contribution in [2.24, 2.45) is 0 Å². The maximum absolute atomic E-state index is 11.1. The van der Waals surface area contributed by atoms with Gasteiger partial charge in [0.1, 0.15) is 11.6 Å². The fourth-order valence-electron chi connectivity index (χ4n) is 3.80. The minimum atomic E-state index is -0.402. The third-order valence-electron chi connectivity index (χ3n) is 5.42. The zero-order valence-corrected chi connectivity index (χ0v) is 17.6. The Morgan fingerprint density at radius 2 is 1.87 bits per heavy atom. The van der Waals surface area contributed by atoms with E-state index in [2.05, 4.69) is 15.2 Å². The van der Waals surface area contributed by atoms with Crippen molar-refractivity contribution in [2.45, 2.75) is 25.8 Å². The highest BCUT2D eigenvalue weighted by molar-refractivity contribution is 5.61. The number of anilines is 2. The standard InChI is InChI=1S/C23H25N5O3/c1-16-13-22(26-23(24-16)17-5-3-7-20(14-17)28(29)30)27-11-9-18(10-12-27)25-19-6-4-8-21(15-19)31-2/h3-8,13-15,18,25H,9-12H2,1-2H3. The molecular weight excluding hydrogens is 394 g/mol. The number of hydrogen-bond donors (Lipinski definition) is 1. The molecule has 1 aliphatic heterocycles. The molecule has 0 radical (unpaired) electrons. The first-order valence-electron chi connectivity index (χ1n) is 10.3. The van der Waals surface area contributed by atoms with Crippen LogP contribution >= 0.6 is 0 Å². The third-order valence-corrected chi connectivity index (χ3v) is 5.42. The van der Waals surface area contributed by atoms with Gasteiger partial charge in [0, 0.05) is 60.3 Å². The molecule has 2 heterocycles. The molecule has 0 spiro atoms. The van der Waals surface area contributed by atoms with Crippen LogP contribution in [0, 0.1) is 17.0 Å². The van der Waals surface area contributed by atoms with Crippen LogP contribution in [0.5, 0.6) is 5.75 Å². The first-order valence-corrected chi connectivity index (χ1v) is 10.3. The van der Waals surface area contributed by atoms with Crippen molar-refractivity contribution in [3.05, 3.63) is 70.4 Å². The van der Waals surface area contributed by atoms with Crippen molar-refractivity contribution in [1.82, 2.24) is 9.97 Å². The van der Waals surface area contributed by atoms with Crippen LogP contribution in [0.3, 0.4) is 0 Å². The van der Waals surface area contributed by atoms with Gasteiger partial charge in [-0.2, -0.15) is 0 Å². The molecule has 160 valence electrons. The molecule has 3 aromatic rings. The largest absolute Gasteiger partial charge is 0.497 e. The quantitative estimate of drug-likeness (QED) is 0.466. The summed E-state index contributed by atoms with van der Waals surface area (Å²) in [5.74, 6) is 2.21. The monoisotopic (exact) mass is 419 g/mol. The molecule has 31 heavy (non-hydrogen) atoms. The number of ether oxygens (including phenoxy) is 1. The number of non-ortho nitro benzene ring substituents is 1. The molecule has 1 N–H and O–H groups in total. The number of nitrogens with one attached hydrogen (secondary N) is 1. The van der Waals surface area contributed by atoms with Crippen LogP contribution in [-0.4, -0.2) is 41.1 Å². The van der Waals surface area contributed by atoms with Gasteiger partial charge in [-0.05, 0) is 31.9 Å². The summed E-state index contributed by atoms with van der Waals surface area (Å²) in [5.41, 5.74) is 2.58. The molecule has 0 unspecified atom stereocenters. The van der Waals surface area contributed by atoms with E-state index in [9.17, 15) is 10.1 Å². The molecule has 1 saturated heterocycles. The molecule has 0 saturated carbocycles. The number of hydrogen-bond acceptors (Lipinski definition) is 7. The Hall–Kier alpha value is -3.68. The molecule has 8 nitrogen and oxygen atoms in total. The van der Waals surface area contributed by atoms with Crippen molar-refractivity contribution in [1.29, 1.82) is 0 Å². The Balaban J connectivity index is 1.46. The van der Waals surface area contributed by atoms with Gasteiger partial charge in [-0.1, -0.05) is 18.2 Å². The zero-order valence-electron chi connectivity index (χ0n) is 17.6. The van der Waals surface area contributed by atoms with E-state index in [1.165, 1.54) is 12.1 Å². The summed E-state index contributed by atoms with van der Waals surface area (Å²) >= 11 is 0. The first kappa shape index (κ1) is 20.6. The highest BCUT2D eigenvalue weighted by Gasteiger charge is 2.21. The topological polar surface area (TPSA) is 93.4 Å². The number of nitro groups is 1. The van der Waals surface area contributed by atoms with Gasteiger partial charge in [-0.3, -0.25) is 10.1 Å². The highest BCUT2D eigenvalue weighted by atomic mass is 16.6. The fraction of sp³-hybridized carbons (Fsp3) is 0.304. The number of nitrogens with zero attached hydrogens (tertiary/aromatic N) is 4. The Morgan fingerprint density at radius 1 is 1.10 bits per heavy atom.